The van der Waals surface area contributed by atoms with Gasteiger partial charge in [-0.2, -0.15) is 13.2 Å². The topological polar surface area (TPSA) is 72.2 Å². The van der Waals surface area contributed by atoms with Crippen LogP contribution in [0.3, 0.4) is 0 Å². The van der Waals surface area contributed by atoms with Crippen molar-refractivity contribution >= 4 is 29.0 Å². The smallest absolute Gasteiger partial charge is 0.325 e. The number of nitro groups is 1. The third kappa shape index (κ3) is 6.11. The fourth-order valence-electron chi connectivity index (χ4n) is 1.97. The Morgan fingerprint density at radius 2 is 1.76 bits per heavy atom. The molecule has 0 aliphatic heterocycles. The summed E-state index contributed by atoms with van der Waals surface area (Å²) in [6.07, 6.45) is -4.35. The second-order valence-electron chi connectivity index (χ2n) is 5.05. The lowest BCUT2D eigenvalue weighted by atomic mass is 10.1. The van der Waals surface area contributed by atoms with E-state index in [0.717, 1.165) is 0 Å². The number of halogens is 3. The molecule has 0 saturated carbocycles. The molecule has 25 heavy (non-hydrogen) atoms. The lowest BCUT2D eigenvalue weighted by molar-refractivity contribution is -0.384. The zero-order valence-electron chi connectivity index (χ0n) is 12.7. The number of nitrogens with one attached hydrogen (secondary N) is 1. The summed E-state index contributed by atoms with van der Waals surface area (Å²) in [6, 6.07) is 11.7. The molecule has 0 unspecified atom stereocenters. The van der Waals surface area contributed by atoms with Gasteiger partial charge in [0.25, 0.3) is 5.69 Å². The largest absolute Gasteiger partial charge is 0.398 e. The third-order valence-electron chi connectivity index (χ3n) is 3.06. The molecule has 0 fully saturated rings. The summed E-state index contributed by atoms with van der Waals surface area (Å²) in [5.41, 5.74) is 0.769. The van der Waals surface area contributed by atoms with Gasteiger partial charge in [-0.1, -0.05) is 24.3 Å². The lowest BCUT2D eigenvalue weighted by Gasteiger charge is -2.12. The normalized spacial score (nSPS) is 11.2. The van der Waals surface area contributed by atoms with Gasteiger partial charge in [-0.15, -0.1) is 11.8 Å². The van der Waals surface area contributed by atoms with Crippen LogP contribution in [0.2, 0.25) is 0 Å². The van der Waals surface area contributed by atoms with Crippen molar-refractivity contribution in [3.63, 3.8) is 0 Å². The number of hydrogen-bond donors (Lipinski definition) is 1. The maximum Gasteiger partial charge on any atom is 0.398 e. The highest BCUT2D eigenvalue weighted by atomic mass is 32.2. The van der Waals surface area contributed by atoms with Gasteiger partial charge in [0.1, 0.15) is 0 Å². The fourth-order valence-corrected chi connectivity index (χ4v) is 2.74. The van der Waals surface area contributed by atoms with Gasteiger partial charge in [-0.05, 0) is 17.7 Å². The van der Waals surface area contributed by atoms with E-state index in [4.69, 9.17) is 0 Å². The summed E-state index contributed by atoms with van der Waals surface area (Å²) < 4.78 is 37.1. The molecule has 0 aliphatic carbocycles. The number of anilines is 1. The van der Waals surface area contributed by atoms with E-state index in [-0.39, 0.29) is 12.1 Å². The van der Waals surface area contributed by atoms with E-state index in [1.54, 1.807) is 12.1 Å². The number of nitro benzene ring substituents is 1. The van der Waals surface area contributed by atoms with Crippen LogP contribution in [0.4, 0.5) is 24.5 Å². The molecule has 2 aromatic rings. The van der Waals surface area contributed by atoms with E-state index in [2.05, 4.69) is 5.32 Å². The minimum Gasteiger partial charge on any atom is -0.325 e. The molecule has 132 valence electrons. The summed E-state index contributed by atoms with van der Waals surface area (Å²) in [7, 11) is 0. The maximum atomic E-state index is 12.4. The molecule has 0 heterocycles. The molecule has 9 heteroatoms. The van der Waals surface area contributed by atoms with Crippen LogP contribution in [0.25, 0.3) is 0 Å². The summed E-state index contributed by atoms with van der Waals surface area (Å²) >= 11 is 0.593. The Morgan fingerprint density at radius 3 is 2.36 bits per heavy atom. The van der Waals surface area contributed by atoms with E-state index in [1.807, 2.05) is 0 Å². The molecule has 1 amide bonds. The van der Waals surface area contributed by atoms with E-state index in [9.17, 15) is 28.1 Å². The quantitative estimate of drug-likeness (QED) is 0.464. The number of alkyl halides is 3. The highest BCUT2D eigenvalue weighted by molar-refractivity contribution is 7.99. The molecule has 0 radical (unpaired) electrons. The standard InChI is InChI=1S/C16H13F3N2O3S/c17-16(18,19)10-25-14-4-2-1-3-13(14)20-15(22)9-11-5-7-12(8-6-11)21(23)24/h1-8H,9-10H2,(H,20,22). The summed E-state index contributed by atoms with van der Waals surface area (Å²) in [5, 5.41) is 13.2. The summed E-state index contributed by atoms with van der Waals surface area (Å²) in [6.45, 7) is 0. The number of carbonyl (C=O) groups is 1. The van der Waals surface area contributed by atoms with Gasteiger partial charge in [0.15, 0.2) is 0 Å². The van der Waals surface area contributed by atoms with Crippen LogP contribution < -0.4 is 5.32 Å². The van der Waals surface area contributed by atoms with Gasteiger partial charge in [-0.25, -0.2) is 0 Å². The maximum absolute atomic E-state index is 12.4. The van der Waals surface area contributed by atoms with Gasteiger partial charge in [0, 0.05) is 17.0 Å². The molecular weight excluding hydrogens is 357 g/mol. The SMILES string of the molecule is O=C(Cc1ccc([N+](=O)[O-])cc1)Nc1ccccc1SCC(F)(F)F. The Hall–Kier alpha value is -2.55. The predicted octanol–water partition coefficient (Wildman–Crippen LogP) is 4.43. The monoisotopic (exact) mass is 370 g/mol. The second kappa shape index (κ2) is 8.02. The van der Waals surface area contributed by atoms with E-state index in [1.165, 1.54) is 36.4 Å². The Kier molecular flexibility index (Phi) is 6.02. The molecule has 0 spiro atoms. The lowest BCUT2D eigenvalue weighted by Crippen LogP contribution is -2.15. The highest BCUT2D eigenvalue weighted by Crippen LogP contribution is 2.32. The first kappa shape index (κ1) is 18.8. The minimum absolute atomic E-state index is 0.0454. The van der Waals surface area contributed by atoms with Gasteiger partial charge in [0.05, 0.1) is 22.8 Å². The molecule has 0 saturated heterocycles. The van der Waals surface area contributed by atoms with Crippen molar-refractivity contribution in [1.29, 1.82) is 0 Å². The van der Waals surface area contributed by atoms with Crippen LogP contribution in [-0.4, -0.2) is 22.8 Å². The number of para-hydroxylation sites is 1. The van der Waals surface area contributed by atoms with Crippen LogP contribution in [0, 0.1) is 10.1 Å². The van der Waals surface area contributed by atoms with Crippen LogP contribution >= 0.6 is 11.8 Å². The number of nitrogens with zero attached hydrogens (tertiary/aromatic N) is 1. The van der Waals surface area contributed by atoms with Gasteiger partial charge < -0.3 is 5.32 Å². The zero-order valence-corrected chi connectivity index (χ0v) is 13.6. The summed E-state index contributed by atoms with van der Waals surface area (Å²) in [5.74, 6) is -1.48. The zero-order chi connectivity index (χ0) is 18.4. The average molecular weight is 370 g/mol. The van der Waals surface area contributed by atoms with Crippen LogP contribution in [0.15, 0.2) is 53.4 Å². The van der Waals surface area contributed by atoms with Crippen molar-refractivity contribution in [2.75, 3.05) is 11.1 Å². The second-order valence-corrected chi connectivity index (χ2v) is 6.07. The number of hydrogen-bond acceptors (Lipinski definition) is 4. The van der Waals surface area contributed by atoms with E-state index < -0.39 is 22.8 Å². The van der Waals surface area contributed by atoms with Crippen molar-refractivity contribution in [3.05, 3.63) is 64.2 Å². The molecule has 2 aromatic carbocycles. The number of benzene rings is 2. The first-order chi connectivity index (χ1) is 11.7. The van der Waals surface area contributed by atoms with E-state index >= 15 is 0 Å². The summed E-state index contributed by atoms with van der Waals surface area (Å²) in [4.78, 5) is 22.4. The van der Waals surface area contributed by atoms with Gasteiger partial charge >= 0.3 is 6.18 Å². The Labute approximate surface area is 145 Å². The molecule has 0 aliphatic rings. The highest BCUT2D eigenvalue weighted by Gasteiger charge is 2.27. The van der Waals surface area contributed by atoms with E-state index in [0.29, 0.717) is 27.9 Å². The Morgan fingerprint density at radius 1 is 1.12 bits per heavy atom. The average Bonchev–Trinajstić information content (AvgIpc) is 2.53. The van der Waals surface area contributed by atoms with Crippen molar-refractivity contribution in [3.8, 4) is 0 Å². The number of non-ortho nitro benzene ring substituents is 1. The molecule has 0 atom stereocenters. The Bertz CT molecular complexity index is 764. The van der Waals surface area contributed by atoms with Crippen LogP contribution in [-0.2, 0) is 11.2 Å². The van der Waals surface area contributed by atoms with Gasteiger partial charge in [0.2, 0.25) is 5.91 Å². The molecule has 1 N–H and O–H groups in total. The van der Waals surface area contributed by atoms with Crippen LogP contribution in [0.5, 0.6) is 0 Å². The van der Waals surface area contributed by atoms with Crippen molar-refractivity contribution < 1.29 is 22.9 Å². The third-order valence-corrected chi connectivity index (χ3v) is 4.20. The minimum atomic E-state index is -4.31. The first-order valence-electron chi connectivity index (χ1n) is 7.06. The first-order valence-corrected chi connectivity index (χ1v) is 8.05. The fraction of sp³-hybridized carbons (Fsp3) is 0.188. The van der Waals surface area contributed by atoms with Crippen molar-refractivity contribution in [2.24, 2.45) is 0 Å². The molecule has 0 aromatic heterocycles. The van der Waals surface area contributed by atoms with Crippen molar-refractivity contribution in [1.82, 2.24) is 0 Å². The number of rotatable bonds is 6. The number of thioether (sulfide) groups is 1. The molecule has 5 nitrogen and oxygen atoms in total. The molecular formula is C16H13F3N2O3S. The van der Waals surface area contributed by atoms with Gasteiger partial charge in [-0.3, -0.25) is 14.9 Å². The molecule has 2 rings (SSSR count). The van der Waals surface area contributed by atoms with Crippen molar-refractivity contribution in [2.45, 2.75) is 17.5 Å². The van der Waals surface area contributed by atoms with Crippen LogP contribution in [0.1, 0.15) is 5.56 Å². The predicted molar refractivity (Wildman–Crippen MR) is 88.7 cm³/mol. The molecule has 0 bridgehead atoms. The Balaban J connectivity index is 2.01. The number of carbonyl (C=O) groups excluding carboxylic acids is 1. The number of amides is 1.